The second kappa shape index (κ2) is 10.3. The van der Waals surface area contributed by atoms with Crippen molar-refractivity contribution in [3.8, 4) is 5.75 Å². The van der Waals surface area contributed by atoms with E-state index < -0.39 is 28.7 Å². The Kier molecular flexibility index (Phi) is 6.98. The van der Waals surface area contributed by atoms with Gasteiger partial charge in [0.05, 0.1) is 28.8 Å². The molecule has 0 fully saturated rings. The molecule has 1 aliphatic heterocycles. The van der Waals surface area contributed by atoms with Crippen molar-refractivity contribution in [1.29, 1.82) is 0 Å². The number of hydrogen-bond donors (Lipinski definition) is 1. The van der Waals surface area contributed by atoms with Crippen molar-refractivity contribution in [2.24, 2.45) is 0 Å². The minimum atomic E-state index is -0.825. The number of nitro groups is 1. The first-order chi connectivity index (χ1) is 17.7. The number of nitrogens with one attached hydrogen (secondary N) is 1. The first-order valence-electron chi connectivity index (χ1n) is 10.5. The Hall–Kier alpha value is -5.03. The standard InChI is InChI=1S/C25H16ClN3O8/c1-36-25(33)18-4-2-3-5-19(18)28-22(30)20(26)21(23(28)31)27-15-8-6-14(7-9-15)24(32)37-17-12-10-16(11-13-17)29(34)35/h2-13,27H,1H3. The van der Waals surface area contributed by atoms with Gasteiger partial charge in [0.15, 0.2) is 0 Å². The lowest BCUT2D eigenvalue weighted by atomic mass is 10.1. The van der Waals surface area contributed by atoms with Crippen LogP contribution in [0, 0.1) is 10.1 Å². The SMILES string of the molecule is COC(=O)c1ccccc1N1C(=O)C(Cl)=C(Nc2ccc(C(=O)Oc3ccc([N+](=O)[O-])cc3)cc2)C1=O. The Bertz CT molecular complexity index is 1470. The van der Waals surface area contributed by atoms with Gasteiger partial charge in [-0.2, -0.15) is 0 Å². The highest BCUT2D eigenvalue weighted by Crippen LogP contribution is 2.32. The van der Waals surface area contributed by atoms with E-state index in [1.165, 1.54) is 67.8 Å². The molecule has 186 valence electrons. The molecule has 0 atom stereocenters. The molecule has 37 heavy (non-hydrogen) atoms. The van der Waals surface area contributed by atoms with Crippen LogP contribution in [0.3, 0.4) is 0 Å². The molecule has 0 aromatic heterocycles. The number of esters is 2. The number of non-ortho nitro benzene ring substituents is 1. The molecule has 2 amide bonds. The number of imide groups is 1. The second-order valence-corrected chi connectivity index (χ2v) is 7.86. The highest BCUT2D eigenvalue weighted by molar-refractivity contribution is 6.53. The fourth-order valence-corrected chi connectivity index (χ4v) is 3.63. The van der Waals surface area contributed by atoms with E-state index in [-0.39, 0.29) is 39.0 Å². The van der Waals surface area contributed by atoms with Gasteiger partial charge in [0.2, 0.25) is 0 Å². The zero-order valence-electron chi connectivity index (χ0n) is 19.0. The Morgan fingerprint density at radius 2 is 1.57 bits per heavy atom. The Morgan fingerprint density at radius 3 is 2.19 bits per heavy atom. The van der Waals surface area contributed by atoms with E-state index in [4.69, 9.17) is 21.1 Å². The lowest BCUT2D eigenvalue weighted by molar-refractivity contribution is -0.384. The topological polar surface area (TPSA) is 145 Å². The van der Waals surface area contributed by atoms with Crippen LogP contribution in [-0.2, 0) is 14.3 Å². The molecular formula is C25H16ClN3O8. The van der Waals surface area contributed by atoms with Crippen molar-refractivity contribution in [2.75, 3.05) is 17.3 Å². The van der Waals surface area contributed by atoms with Crippen molar-refractivity contribution >= 4 is 52.4 Å². The average Bonchev–Trinajstić information content (AvgIpc) is 3.11. The molecular weight excluding hydrogens is 506 g/mol. The number of ether oxygens (including phenoxy) is 2. The van der Waals surface area contributed by atoms with Gasteiger partial charge in [-0.05, 0) is 48.5 Å². The third-order valence-corrected chi connectivity index (χ3v) is 5.58. The van der Waals surface area contributed by atoms with E-state index in [9.17, 15) is 29.3 Å². The molecule has 0 spiro atoms. The van der Waals surface area contributed by atoms with Crippen LogP contribution in [0.1, 0.15) is 20.7 Å². The van der Waals surface area contributed by atoms with Crippen molar-refractivity contribution in [2.45, 2.75) is 0 Å². The van der Waals surface area contributed by atoms with Crippen molar-refractivity contribution in [3.05, 3.63) is 105 Å². The Morgan fingerprint density at radius 1 is 0.919 bits per heavy atom. The number of halogens is 1. The van der Waals surface area contributed by atoms with Crippen molar-refractivity contribution in [1.82, 2.24) is 0 Å². The normalized spacial score (nSPS) is 13.0. The van der Waals surface area contributed by atoms with Gasteiger partial charge in [0, 0.05) is 17.8 Å². The molecule has 1 aliphatic rings. The van der Waals surface area contributed by atoms with Gasteiger partial charge in [0.25, 0.3) is 17.5 Å². The number of nitrogens with zero attached hydrogens (tertiary/aromatic N) is 2. The molecule has 0 bridgehead atoms. The number of para-hydroxylation sites is 1. The van der Waals surface area contributed by atoms with Crippen LogP contribution in [0.15, 0.2) is 83.5 Å². The molecule has 0 saturated carbocycles. The number of benzene rings is 3. The summed E-state index contributed by atoms with van der Waals surface area (Å²) < 4.78 is 9.93. The number of methoxy groups -OCH3 is 1. The Labute approximate surface area is 214 Å². The largest absolute Gasteiger partial charge is 0.465 e. The predicted molar refractivity (Wildman–Crippen MR) is 131 cm³/mol. The van der Waals surface area contributed by atoms with Crippen LogP contribution in [0.2, 0.25) is 0 Å². The van der Waals surface area contributed by atoms with Gasteiger partial charge in [0.1, 0.15) is 16.5 Å². The van der Waals surface area contributed by atoms with Crippen molar-refractivity contribution in [3.63, 3.8) is 0 Å². The summed E-state index contributed by atoms with van der Waals surface area (Å²) in [5, 5.41) is 13.1. The third kappa shape index (κ3) is 5.02. The van der Waals surface area contributed by atoms with Crippen LogP contribution in [0.5, 0.6) is 5.75 Å². The van der Waals surface area contributed by atoms with Crippen LogP contribution in [-0.4, -0.2) is 35.8 Å². The van der Waals surface area contributed by atoms with Gasteiger partial charge < -0.3 is 14.8 Å². The van der Waals surface area contributed by atoms with E-state index >= 15 is 0 Å². The highest BCUT2D eigenvalue weighted by Gasteiger charge is 2.40. The molecule has 12 heteroatoms. The first kappa shape index (κ1) is 25.1. The zero-order chi connectivity index (χ0) is 26.7. The van der Waals surface area contributed by atoms with Crippen LogP contribution >= 0.6 is 11.6 Å². The summed E-state index contributed by atoms with van der Waals surface area (Å²) in [5.74, 6) is -2.93. The average molecular weight is 522 g/mol. The minimum absolute atomic E-state index is 0.00769. The minimum Gasteiger partial charge on any atom is -0.465 e. The summed E-state index contributed by atoms with van der Waals surface area (Å²) in [6.45, 7) is 0. The number of carbonyl (C=O) groups excluding carboxylic acids is 4. The number of nitro benzene ring substituents is 1. The maximum atomic E-state index is 13.1. The molecule has 3 aromatic rings. The number of carbonyl (C=O) groups is 4. The number of anilines is 2. The van der Waals surface area contributed by atoms with E-state index in [1.807, 2.05) is 0 Å². The molecule has 0 unspecified atom stereocenters. The quantitative estimate of drug-likeness (QED) is 0.160. The van der Waals surface area contributed by atoms with Gasteiger partial charge in [-0.25, -0.2) is 14.5 Å². The first-order valence-corrected chi connectivity index (χ1v) is 10.9. The van der Waals surface area contributed by atoms with E-state index in [1.54, 1.807) is 12.1 Å². The van der Waals surface area contributed by atoms with E-state index in [0.29, 0.717) is 5.69 Å². The van der Waals surface area contributed by atoms with Crippen LogP contribution < -0.4 is 15.0 Å². The number of amides is 2. The number of hydrogen-bond acceptors (Lipinski definition) is 9. The summed E-state index contributed by atoms with van der Waals surface area (Å²) in [7, 11) is 1.18. The maximum Gasteiger partial charge on any atom is 0.343 e. The van der Waals surface area contributed by atoms with Gasteiger partial charge >= 0.3 is 11.9 Å². The van der Waals surface area contributed by atoms with Gasteiger partial charge in [-0.3, -0.25) is 19.7 Å². The monoisotopic (exact) mass is 521 g/mol. The van der Waals surface area contributed by atoms with Crippen molar-refractivity contribution < 1.29 is 33.6 Å². The highest BCUT2D eigenvalue weighted by atomic mass is 35.5. The molecule has 0 saturated heterocycles. The smallest absolute Gasteiger partial charge is 0.343 e. The number of rotatable bonds is 7. The molecule has 0 aliphatic carbocycles. The van der Waals surface area contributed by atoms with E-state index in [0.717, 1.165) is 4.90 Å². The molecule has 1 heterocycles. The molecule has 3 aromatic carbocycles. The second-order valence-electron chi connectivity index (χ2n) is 7.49. The third-order valence-electron chi connectivity index (χ3n) is 5.23. The van der Waals surface area contributed by atoms with Crippen LogP contribution in [0.25, 0.3) is 0 Å². The summed E-state index contributed by atoms with van der Waals surface area (Å²) in [5.41, 5.74) is 0.163. The predicted octanol–water partition coefficient (Wildman–Crippen LogP) is 4.04. The summed E-state index contributed by atoms with van der Waals surface area (Å²) in [4.78, 5) is 61.3. The summed E-state index contributed by atoms with van der Waals surface area (Å²) in [6.07, 6.45) is 0. The van der Waals surface area contributed by atoms with Gasteiger partial charge in [-0.15, -0.1) is 0 Å². The molecule has 0 radical (unpaired) electrons. The maximum absolute atomic E-state index is 13.1. The molecule has 1 N–H and O–H groups in total. The molecule has 11 nitrogen and oxygen atoms in total. The fraction of sp³-hybridized carbons (Fsp3) is 0.0400. The Balaban J connectivity index is 1.49. The zero-order valence-corrected chi connectivity index (χ0v) is 19.7. The fourth-order valence-electron chi connectivity index (χ4n) is 3.42. The van der Waals surface area contributed by atoms with Crippen LogP contribution in [0.4, 0.5) is 17.1 Å². The summed E-state index contributed by atoms with van der Waals surface area (Å²) in [6, 6.07) is 16.7. The van der Waals surface area contributed by atoms with Gasteiger partial charge in [-0.1, -0.05) is 23.7 Å². The molecule has 4 rings (SSSR count). The lowest BCUT2D eigenvalue weighted by Gasteiger charge is -2.17. The summed E-state index contributed by atoms with van der Waals surface area (Å²) >= 11 is 6.16. The van der Waals surface area contributed by atoms with E-state index in [2.05, 4.69) is 5.32 Å². The lowest BCUT2D eigenvalue weighted by Crippen LogP contribution is -2.33.